The molecule has 1 aromatic rings. The van der Waals surface area contributed by atoms with Crippen molar-refractivity contribution in [3.8, 4) is 0 Å². The second-order valence-corrected chi connectivity index (χ2v) is 5.77. The summed E-state index contributed by atoms with van der Waals surface area (Å²) in [6, 6.07) is 7.30. The van der Waals surface area contributed by atoms with Crippen LogP contribution in [0.15, 0.2) is 58.3 Å². The SMILES string of the molecule is C=CN=CN(N)c1cccc(N=C(N)C2=C(NC)CCN(C(C)=O)C2)c1. The molecule has 0 atom stereocenters. The van der Waals surface area contributed by atoms with Crippen molar-refractivity contribution in [2.45, 2.75) is 13.3 Å². The lowest BCUT2D eigenvalue weighted by molar-refractivity contribution is -0.128. The standard InChI is InChI=1S/C18H25N7O/c1-4-22-12-25(20)15-7-5-6-14(10-15)23-18(19)16-11-24(13(2)26)9-8-17(16)21-3/h4-7,10,12,21H,1,8-9,11,20H2,2-3H3,(H2,19,23). The van der Waals surface area contributed by atoms with Crippen molar-refractivity contribution < 1.29 is 4.79 Å². The average Bonchev–Trinajstić information content (AvgIpc) is 2.65. The van der Waals surface area contributed by atoms with E-state index in [0.717, 1.165) is 17.7 Å². The number of nitrogens with zero attached hydrogens (tertiary/aromatic N) is 4. The van der Waals surface area contributed by atoms with E-state index in [1.165, 1.54) is 17.5 Å². The zero-order valence-electron chi connectivity index (χ0n) is 15.1. The number of carbonyl (C=O) groups excluding carboxylic acids is 1. The summed E-state index contributed by atoms with van der Waals surface area (Å²) in [6.07, 6.45) is 3.57. The third-order valence-electron chi connectivity index (χ3n) is 4.08. The summed E-state index contributed by atoms with van der Waals surface area (Å²) < 4.78 is 0. The van der Waals surface area contributed by atoms with Crippen LogP contribution < -0.4 is 21.9 Å². The molecule has 0 aromatic heterocycles. The van der Waals surface area contributed by atoms with E-state index in [2.05, 4.69) is 21.9 Å². The largest absolute Gasteiger partial charge is 0.391 e. The number of hydrogen-bond donors (Lipinski definition) is 3. The highest BCUT2D eigenvalue weighted by Gasteiger charge is 2.22. The van der Waals surface area contributed by atoms with Gasteiger partial charge in [0.2, 0.25) is 5.91 Å². The van der Waals surface area contributed by atoms with Crippen LogP contribution in [0.5, 0.6) is 0 Å². The summed E-state index contributed by atoms with van der Waals surface area (Å²) in [4.78, 5) is 21.8. The summed E-state index contributed by atoms with van der Waals surface area (Å²) in [5, 5.41) is 4.53. The Morgan fingerprint density at radius 1 is 1.46 bits per heavy atom. The zero-order chi connectivity index (χ0) is 19.1. The predicted molar refractivity (Wildman–Crippen MR) is 106 cm³/mol. The van der Waals surface area contributed by atoms with Crippen LogP contribution >= 0.6 is 0 Å². The van der Waals surface area contributed by atoms with E-state index in [1.54, 1.807) is 17.9 Å². The molecule has 1 aromatic carbocycles. The molecule has 1 aliphatic heterocycles. The normalized spacial score (nSPS) is 15.3. The Morgan fingerprint density at radius 3 is 2.88 bits per heavy atom. The van der Waals surface area contributed by atoms with Gasteiger partial charge in [-0.2, -0.15) is 0 Å². The molecule has 0 unspecified atom stereocenters. The Labute approximate surface area is 153 Å². The number of hydrogen-bond acceptors (Lipinski definition) is 5. The Morgan fingerprint density at radius 2 is 2.23 bits per heavy atom. The van der Waals surface area contributed by atoms with Gasteiger partial charge in [0.1, 0.15) is 12.2 Å². The summed E-state index contributed by atoms with van der Waals surface area (Å²) in [7, 11) is 1.85. The number of benzene rings is 1. The first-order valence-corrected chi connectivity index (χ1v) is 8.24. The van der Waals surface area contributed by atoms with Crippen molar-refractivity contribution in [2.75, 3.05) is 25.1 Å². The van der Waals surface area contributed by atoms with Gasteiger partial charge < -0.3 is 16.0 Å². The molecule has 5 N–H and O–H groups in total. The van der Waals surface area contributed by atoms with E-state index < -0.39 is 0 Å². The molecule has 0 fully saturated rings. The number of nitrogens with two attached hydrogens (primary N) is 2. The van der Waals surface area contributed by atoms with Gasteiger partial charge in [-0.3, -0.25) is 9.80 Å². The van der Waals surface area contributed by atoms with Crippen LogP contribution in [0.1, 0.15) is 13.3 Å². The van der Waals surface area contributed by atoms with E-state index in [-0.39, 0.29) is 5.91 Å². The maximum absolute atomic E-state index is 11.7. The Balaban J connectivity index is 2.30. The minimum absolute atomic E-state index is 0.0210. The third kappa shape index (κ3) is 4.70. The third-order valence-corrected chi connectivity index (χ3v) is 4.08. The smallest absolute Gasteiger partial charge is 0.219 e. The number of anilines is 1. The summed E-state index contributed by atoms with van der Waals surface area (Å²) in [6.45, 7) is 6.18. The Bertz CT molecular complexity index is 767. The van der Waals surface area contributed by atoms with Crippen molar-refractivity contribution in [2.24, 2.45) is 21.6 Å². The van der Waals surface area contributed by atoms with Gasteiger partial charge in [0.15, 0.2) is 0 Å². The average molecular weight is 355 g/mol. The van der Waals surface area contributed by atoms with Gasteiger partial charge in [0.25, 0.3) is 0 Å². The second-order valence-electron chi connectivity index (χ2n) is 5.77. The molecule has 0 saturated carbocycles. The quantitative estimate of drug-likeness (QED) is 0.308. The maximum atomic E-state index is 11.7. The van der Waals surface area contributed by atoms with Gasteiger partial charge in [-0.15, -0.1) is 0 Å². The number of hydrazine groups is 1. The molecular formula is C18H25N7O. The monoisotopic (exact) mass is 355 g/mol. The maximum Gasteiger partial charge on any atom is 0.219 e. The number of nitrogens with one attached hydrogen (secondary N) is 1. The predicted octanol–water partition coefficient (Wildman–Crippen LogP) is 1.25. The van der Waals surface area contributed by atoms with Crippen LogP contribution in [0.4, 0.5) is 11.4 Å². The zero-order valence-corrected chi connectivity index (χ0v) is 15.1. The molecule has 0 saturated heterocycles. The fourth-order valence-electron chi connectivity index (χ4n) is 2.66. The number of carbonyl (C=O) groups is 1. The van der Waals surface area contributed by atoms with Gasteiger partial charge in [-0.1, -0.05) is 12.6 Å². The van der Waals surface area contributed by atoms with Crippen LogP contribution in [0.2, 0.25) is 0 Å². The first kappa shape index (κ1) is 19.2. The summed E-state index contributed by atoms with van der Waals surface area (Å²) in [5.74, 6) is 6.31. The van der Waals surface area contributed by atoms with E-state index >= 15 is 0 Å². The van der Waals surface area contributed by atoms with Gasteiger partial charge in [0.05, 0.1) is 17.9 Å². The molecule has 0 radical (unpaired) electrons. The second kappa shape index (κ2) is 8.82. The molecule has 8 heteroatoms. The van der Waals surface area contributed by atoms with Crippen LogP contribution in [-0.2, 0) is 4.79 Å². The van der Waals surface area contributed by atoms with Crippen molar-refractivity contribution in [3.05, 3.63) is 48.3 Å². The minimum atomic E-state index is 0.0210. The van der Waals surface area contributed by atoms with Crippen molar-refractivity contribution >= 4 is 29.5 Å². The highest BCUT2D eigenvalue weighted by Crippen LogP contribution is 2.22. The van der Waals surface area contributed by atoms with Gasteiger partial charge in [-0.25, -0.2) is 15.8 Å². The molecule has 0 aliphatic carbocycles. The molecule has 8 nitrogen and oxygen atoms in total. The van der Waals surface area contributed by atoms with Crippen molar-refractivity contribution in [1.82, 2.24) is 10.2 Å². The topological polar surface area (TPSA) is 112 Å². The molecule has 1 aliphatic rings. The van der Waals surface area contributed by atoms with E-state index in [0.29, 0.717) is 30.3 Å². The highest BCUT2D eigenvalue weighted by molar-refractivity contribution is 6.00. The summed E-state index contributed by atoms with van der Waals surface area (Å²) in [5.41, 5.74) is 9.44. The summed E-state index contributed by atoms with van der Waals surface area (Å²) >= 11 is 0. The van der Waals surface area contributed by atoms with Crippen LogP contribution in [0.3, 0.4) is 0 Å². The highest BCUT2D eigenvalue weighted by atomic mass is 16.2. The Kier molecular flexibility index (Phi) is 6.51. The van der Waals surface area contributed by atoms with Crippen LogP contribution in [0, 0.1) is 0 Å². The number of amides is 1. The first-order chi connectivity index (χ1) is 12.5. The lowest BCUT2D eigenvalue weighted by atomic mass is 10.0. The van der Waals surface area contributed by atoms with Gasteiger partial charge >= 0.3 is 0 Å². The number of amidine groups is 1. The minimum Gasteiger partial charge on any atom is -0.391 e. The molecule has 138 valence electrons. The molecule has 2 rings (SSSR count). The van der Waals surface area contributed by atoms with Gasteiger partial charge in [-0.05, 0) is 18.2 Å². The molecule has 0 spiro atoms. The number of rotatable bonds is 6. The number of aliphatic imine (C=N–C) groups is 2. The molecule has 0 bridgehead atoms. The Hall–Kier alpha value is -3.13. The van der Waals surface area contributed by atoms with Crippen LogP contribution in [-0.4, -0.2) is 43.1 Å². The lowest BCUT2D eigenvalue weighted by Crippen LogP contribution is -2.40. The fourth-order valence-corrected chi connectivity index (χ4v) is 2.66. The fraction of sp³-hybridized carbons (Fsp3) is 0.278. The van der Waals surface area contributed by atoms with E-state index in [4.69, 9.17) is 11.6 Å². The van der Waals surface area contributed by atoms with Crippen molar-refractivity contribution in [1.29, 1.82) is 0 Å². The van der Waals surface area contributed by atoms with E-state index in [1.807, 2.05) is 25.2 Å². The lowest BCUT2D eigenvalue weighted by Gasteiger charge is -2.29. The molecular weight excluding hydrogens is 330 g/mol. The van der Waals surface area contributed by atoms with Crippen LogP contribution in [0.25, 0.3) is 0 Å². The molecule has 26 heavy (non-hydrogen) atoms. The van der Waals surface area contributed by atoms with E-state index in [9.17, 15) is 4.79 Å². The molecule has 1 amide bonds. The van der Waals surface area contributed by atoms with Crippen molar-refractivity contribution in [3.63, 3.8) is 0 Å². The van der Waals surface area contributed by atoms with Gasteiger partial charge in [0, 0.05) is 44.4 Å². The first-order valence-electron chi connectivity index (χ1n) is 8.24. The molecule has 1 heterocycles.